The minimum absolute atomic E-state index is 0.475. The van der Waals surface area contributed by atoms with Crippen LogP contribution in [0.3, 0.4) is 0 Å². The normalized spacial score (nSPS) is 10.7. The van der Waals surface area contributed by atoms with Crippen LogP contribution in [0.5, 0.6) is 0 Å². The maximum atomic E-state index is 11.1. The van der Waals surface area contributed by atoms with E-state index < -0.39 is 11.1 Å². The van der Waals surface area contributed by atoms with Crippen molar-refractivity contribution < 1.29 is 0 Å². The van der Waals surface area contributed by atoms with Gasteiger partial charge in [0.1, 0.15) is 6.33 Å². The van der Waals surface area contributed by atoms with Crippen LogP contribution in [0.4, 0.5) is 0 Å². The molecular weight excluding hydrogens is 172 g/mol. The Labute approximate surface area is 74.8 Å². The van der Waals surface area contributed by atoms with E-state index in [1.807, 2.05) is 19.0 Å². The van der Waals surface area contributed by atoms with Gasteiger partial charge in [-0.15, -0.1) is 0 Å². The maximum absolute atomic E-state index is 11.1. The molecule has 0 bridgehead atoms. The van der Waals surface area contributed by atoms with Crippen molar-refractivity contribution in [2.45, 2.75) is 6.54 Å². The van der Waals surface area contributed by atoms with Crippen molar-refractivity contribution in [1.82, 2.24) is 19.7 Å². The molecule has 0 spiro atoms. The average Bonchev–Trinajstić information content (AvgIpc) is 2.07. The van der Waals surface area contributed by atoms with E-state index >= 15 is 0 Å². The summed E-state index contributed by atoms with van der Waals surface area (Å²) in [6.07, 6.45) is 1.33. The van der Waals surface area contributed by atoms with Crippen LogP contribution in [0.2, 0.25) is 0 Å². The van der Waals surface area contributed by atoms with Crippen LogP contribution in [0.1, 0.15) is 0 Å². The van der Waals surface area contributed by atoms with E-state index in [-0.39, 0.29) is 0 Å². The standard InChI is InChI=1S/C7H12N4O2/c1-10(2)3-4-11-5-8-9-6(12)7(11)13/h5H,3-4H2,1-2H3,(H,9,12). The molecule has 0 aromatic carbocycles. The molecule has 1 aromatic heterocycles. The fourth-order valence-corrected chi connectivity index (χ4v) is 0.855. The number of rotatable bonds is 3. The molecule has 0 amide bonds. The molecule has 6 nitrogen and oxygen atoms in total. The van der Waals surface area contributed by atoms with Crippen LogP contribution in [0, 0.1) is 0 Å². The second-order valence-corrected chi connectivity index (χ2v) is 2.99. The van der Waals surface area contributed by atoms with Crippen LogP contribution >= 0.6 is 0 Å². The van der Waals surface area contributed by atoms with Gasteiger partial charge in [-0.05, 0) is 14.1 Å². The van der Waals surface area contributed by atoms with Gasteiger partial charge >= 0.3 is 11.1 Å². The fraction of sp³-hybridized carbons (Fsp3) is 0.571. The zero-order valence-electron chi connectivity index (χ0n) is 7.65. The molecule has 1 heterocycles. The van der Waals surface area contributed by atoms with Gasteiger partial charge in [-0.25, -0.2) is 5.10 Å². The highest BCUT2D eigenvalue weighted by atomic mass is 16.2. The van der Waals surface area contributed by atoms with Crippen molar-refractivity contribution in [3.05, 3.63) is 27.0 Å². The molecule has 0 saturated carbocycles. The Hall–Kier alpha value is -1.43. The lowest BCUT2D eigenvalue weighted by Gasteiger charge is -2.09. The van der Waals surface area contributed by atoms with Crippen molar-refractivity contribution in [3.63, 3.8) is 0 Å². The second kappa shape index (κ2) is 3.99. The summed E-state index contributed by atoms with van der Waals surface area (Å²) in [6, 6.07) is 0. The largest absolute Gasteiger partial charge is 0.330 e. The van der Waals surface area contributed by atoms with Crippen molar-refractivity contribution in [3.8, 4) is 0 Å². The van der Waals surface area contributed by atoms with Gasteiger partial charge < -0.3 is 4.90 Å². The molecule has 0 radical (unpaired) electrons. The molecule has 1 rings (SSSR count). The number of nitrogens with one attached hydrogen (secondary N) is 1. The summed E-state index contributed by atoms with van der Waals surface area (Å²) in [4.78, 5) is 23.9. The fourth-order valence-electron chi connectivity index (χ4n) is 0.855. The number of aromatic amines is 1. The van der Waals surface area contributed by atoms with Crippen LogP contribution in [-0.4, -0.2) is 40.3 Å². The monoisotopic (exact) mass is 184 g/mol. The molecule has 0 fully saturated rings. The number of aromatic nitrogens is 3. The highest BCUT2D eigenvalue weighted by Crippen LogP contribution is 1.78. The van der Waals surface area contributed by atoms with E-state index in [1.165, 1.54) is 10.9 Å². The third kappa shape index (κ3) is 2.51. The molecule has 1 N–H and O–H groups in total. The van der Waals surface area contributed by atoms with E-state index in [9.17, 15) is 9.59 Å². The first-order valence-electron chi connectivity index (χ1n) is 3.90. The smallest absolute Gasteiger partial charge is 0.308 e. The van der Waals surface area contributed by atoms with Gasteiger partial charge in [-0.2, -0.15) is 5.10 Å². The summed E-state index contributed by atoms with van der Waals surface area (Å²) in [5.74, 6) is 0. The van der Waals surface area contributed by atoms with Gasteiger partial charge in [-0.3, -0.25) is 14.2 Å². The van der Waals surface area contributed by atoms with Gasteiger partial charge in [0.2, 0.25) is 0 Å². The SMILES string of the molecule is CN(C)CCn1cn[nH]c(=O)c1=O. The van der Waals surface area contributed by atoms with Crippen molar-refractivity contribution in [2.24, 2.45) is 0 Å². The van der Waals surface area contributed by atoms with E-state index in [4.69, 9.17) is 0 Å². The molecule has 0 atom stereocenters. The summed E-state index contributed by atoms with van der Waals surface area (Å²) in [5.41, 5.74) is -1.24. The predicted molar refractivity (Wildman–Crippen MR) is 47.7 cm³/mol. The van der Waals surface area contributed by atoms with Crippen LogP contribution < -0.4 is 11.1 Å². The molecule has 1 aromatic rings. The Morgan fingerprint density at radius 2 is 2.23 bits per heavy atom. The van der Waals surface area contributed by atoms with E-state index in [0.717, 1.165) is 0 Å². The molecule has 13 heavy (non-hydrogen) atoms. The van der Waals surface area contributed by atoms with Crippen molar-refractivity contribution in [2.75, 3.05) is 20.6 Å². The van der Waals surface area contributed by atoms with Gasteiger partial charge in [0, 0.05) is 13.1 Å². The number of hydrogen-bond donors (Lipinski definition) is 1. The Balaban J connectivity index is 2.84. The molecule has 6 heteroatoms. The van der Waals surface area contributed by atoms with Crippen LogP contribution in [0.15, 0.2) is 15.9 Å². The molecule has 0 saturated heterocycles. The highest BCUT2D eigenvalue weighted by molar-refractivity contribution is 4.74. The van der Waals surface area contributed by atoms with Crippen molar-refractivity contribution in [1.29, 1.82) is 0 Å². The zero-order valence-corrected chi connectivity index (χ0v) is 7.65. The van der Waals surface area contributed by atoms with Gasteiger partial charge in [0.05, 0.1) is 0 Å². The first-order chi connectivity index (χ1) is 6.11. The summed E-state index contributed by atoms with van der Waals surface area (Å²) in [5, 5.41) is 5.61. The molecular formula is C7H12N4O2. The third-order valence-corrected chi connectivity index (χ3v) is 1.61. The summed E-state index contributed by atoms with van der Waals surface area (Å²) >= 11 is 0. The molecule has 0 aliphatic rings. The number of likely N-dealkylation sites (N-methyl/N-ethyl adjacent to an activating group) is 1. The number of nitrogens with zero attached hydrogens (tertiary/aromatic N) is 3. The number of H-pyrrole nitrogens is 1. The second-order valence-electron chi connectivity index (χ2n) is 2.99. The van der Waals surface area contributed by atoms with Crippen molar-refractivity contribution >= 4 is 0 Å². The summed E-state index contributed by atoms with van der Waals surface area (Å²) < 4.78 is 1.29. The van der Waals surface area contributed by atoms with Gasteiger partial charge in [0.15, 0.2) is 0 Å². The maximum Gasteiger partial charge on any atom is 0.330 e. The van der Waals surface area contributed by atoms with E-state index in [1.54, 1.807) is 0 Å². The minimum Gasteiger partial charge on any atom is -0.308 e. The zero-order chi connectivity index (χ0) is 9.84. The first-order valence-corrected chi connectivity index (χ1v) is 3.90. The lowest BCUT2D eigenvalue weighted by molar-refractivity contribution is 0.378. The Bertz CT molecular complexity index is 379. The highest BCUT2D eigenvalue weighted by Gasteiger charge is 1.99. The molecule has 0 aliphatic carbocycles. The van der Waals surface area contributed by atoms with E-state index in [2.05, 4.69) is 10.2 Å². The summed E-state index contributed by atoms with van der Waals surface area (Å²) in [6.45, 7) is 1.17. The summed E-state index contributed by atoms with van der Waals surface area (Å²) in [7, 11) is 3.79. The van der Waals surface area contributed by atoms with Gasteiger partial charge in [-0.1, -0.05) is 0 Å². The van der Waals surface area contributed by atoms with Gasteiger partial charge in [0.25, 0.3) is 0 Å². The first kappa shape index (κ1) is 9.66. The van der Waals surface area contributed by atoms with Crippen LogP contribution in [0.25, 0.3) is 0 Å². The molecule has 0 aliphatic heterocycles. The Kier molecular flexibility index (Phi) is 2.97. The topological polar surface area (TPSA) is 71.0 Å². The third-order valence-electron chi connectivity index (χ3n) is 1.61. The lowest BCUT2D eigenvalue weighted by atomic mass is 10.5. The quantitative estimate of drug-likeness (QED) is 0.580. The van der Waals surface area contributed by atoms with E-state index in [0.29, 0.717) is 13.1 Å². The average molecular weight is 184 g/mol. The Morgan fingerprint density at radius 3 is 2.85 bits per heavy atom. The molecule has 0 unspecified atom stereocenters. The molecule has 72 valence electrons. The Morgan fingerprint density at radius 1 is 1.54 bits per heavy atom. The van der Waals surface area contributed by atoms with Crippen LogP contribution in [-0.2, 0) is 6.54 Å². The lowest BCUT2D eigenvalue weighted by Crippen LogP contribution is -2.38. The number of hydrogen-bond acceptors (Lipinski definition) is 4. The minimum atomic E-state index is -0.679. The predicted octanol–water partition coefficient (Wildman–Crippen LogP) is -1.51.